The van der Waals surface area contributed by atoms with Gasteiger partial charge in [0.2, 0.25) is 0 Å². The number of rotatable bonds is 6. The fourth-order valence-corrected chi connectivity index (χ4v) is 1.07. The van der Waals surface area contributed by atoms with Gasteiger partial charge in [-0.15, -0.1) is 0 Å². The first-order valence-electron chi connectivity index (χ1n) is 5.35. The summed E-state index contributed by atoms with van der Waals surface area (Å²) in [5.41, 5.74) is -1.38. The molecule has 1 atom stereocenters. The molecule has 0 aromatic rings. The number of carbonyl (C=O) groups excluding carboxylic acids is 1. The van der Waals surface area contributed by atoms with E-state index in [4.69, 9.17) is 4.74 Å². The van der Waals surface area contributed by atoms with Crippen molar-refractivity contribution in [1.29, 1.82) is 0 Å². The molecule has 0 saturated carbocycles. The van der Waals surface area contributed by atoms with Crippen LogP contribution >= 0.6 is 0 Å². The highest BCUT2D eigenvalue weighted by Gasteiger charge is 2.27. The third-order valence-corrected chi connectivity index (χ3v) is 2.11. The Bertz CT molecular complexity index is 170. The molecule has 1 unspecified atom stereocenters. The molecule has 0 amide bonds. The van der Waals surface area contributed by atoms with Gasteiger partial charge in [-0.2, -0.15) is 0 Å². The predicted octanol–water partition coefficient (Wildman–Crippen LogP) is 2.27. The minimum atomic E-state index is -1.38. The van der Waals surface area contributed by atoms with Crippen LogP contribution in [0.15, 0.2) is 0 Å². The number of aliphatic hydroxyl groups is 1. The minimum absolute atomic E-state index is 0.0473. The van der Waals surface area contributed by atoms with E-state index in [9.17, 15) is 9.90 Å². The van der Waals surface area contributed by atoms with Crippen molar-refractivity contribution in [3.05, 3.63) is 0 Å². The van der Waals surface area contributed by atoms with Crippen LogP contribution in [0.1, 0.15) is 53.4 Å². The largest absolute Gasteiger partial charge is 0.460 e. The maximum Gasteiger partial charge on any atom is 0.337 e. The molecular weight excluding hydrogens is 180 g/mol. The predicted molar refractivity (Wildman–Crippen MR) is 56.0 cm³/mol. The molecule has 3 heteroatoms. The minimum Gasteiger partial charge on any atom is -0.460 e. The van der Waals surface area contributed by atoms with E-state index in [0.717, 1.165) is 25.7 Å². The fourth-order valence-electron chi connectivity index (χ4n) is 1.07. The Kier molecular flexibility index (Phi) is 5.77. The average molecular weight is 202 g/mol. The third-order valence-electron chi connectivity index (χ3n) is 2.11. The van der Waals surface area contributed by atoms with E-state index in [-0.39, 0.29) is 6.10 Å². The Labute approximate surface area is 86.5 Å². The summed E-state index contributed by atoms with van der Waals surface area (Å²) in [5.74, 6) is -0.527. The van der Waals surface area contributed by atoms with Gasteiger partial charge in [0.05, 0.1) is 0 Å². The third kappa shape index (κ3) is 5.22. The molecule has 3 nitrogen and oxygen atoms in total. The molecule has 0 heterocycles. The maximum atomic E-state index is 11.3. The van der Waals surface area contributed by atoms with Gasteiger partial charge in [-0.1, -0.05) is 26.7 Å². The van der Waals surface area contributed by atoms with Gasteiger partial charge in [-0.25, -0.2) is 4.79 Å². The van der Waals surface area contributed by atoms with E-state index in [1.165, 1.54) is 13.8 Å². The van der Waals surface area contributed by atoms with Crippen molar-refractivity contribution in [3.8, 4) is 0 Å². The summed E-state index contributed by atoms with van der Waals surface area (Å²) in [6.07, 6.45) is 3.79. The number of carbonyl (C=O) groups is 1. The zero-order chi connectivity index (χ0) is 11.2. The molecule has 0 aliphatic rings. The van der Waals surface area contributed by atoms with Crippen molar-refractivity contribution in [2.45, 2.75) is 65.1 Å². The zero-order valence-corrected chi connectivity index (χ0v) is 9.67. The van der Waals surface area contributed by atoms with Gasteiger partial charge in [-0.05, 0) is 26.7 Å². The van der Waals surface area contributed by atoms with Gasteiger partial charge in [0.25, 0.3) is 0 Å². The summed E-state index contributed by atoms with van der Waals surface area (Å²) in [4.78, 5) is 11.3. The molecule has 1 N–H and O–H groups in total. The quantitative estimate of drug-likeness (QED) is 0.672. The standard InChI is InChI=1S/C11H22O3/c1-5-7-8-9(6-2)14-10(12)11(3,4)13/h9,13H,5-8H2,1-4H3. The SMILES string of the molecule is CCCCC(CC)OC(=O)C(C)(C)O. The number of esters is 1. The van der Waals surface area contributed by atoms with Crippen LogP contribution in [0.3, 0.4) is 0 Å². The average Bonchev–Trinajstić information content (AvgIpc) is 2.10. The van der Waals surface area contributed by atoms with Crippen molar-refractivity contribution in [1.82, 2.24) is 0 Å². The normalized spacial score (nSPS) is 13.8. The van der Waals surface area contributed by atoms with Crippen molar-refractivity contribution in [2.24, 2.45) is 0 Å². The first-order valence-corrected chi connectivity index (χ1v) is 5.35. The van der Waals surface area contributed by atoms with Crippen LogP contribution in [-0.2, 0) is 9.53 Å². The van der Waals surface area contributed by atoms with Crippen molar-refractivity contribution < 1.29 is 14.6 Å². The Balaban J connectivity index is 3.99. The maximum absolute atomic E-state index is 11.3. The van der Waals surface area contributed by atoms with Gasteiger partial charge >= 0.3 is 5.97 Å². The molecule has 0 aromatic heterocycles. The van der Waals surface area contributed by atoms with Crippen LogP contribution in [-0.4, -0.2) is 22.8 Å². The van der Waals surface area contributed by atoms with Crippen LogP contribution in [0.2, 0.25) is 0 Å². The van der Waals surface area contributed by atoms with E-state index in [0.29, 0.717) is 0 Å². The van der Waals surface area contributed by atoms with Crippen molar-refractivity contribution in [3.63, 3.8) is 0 Å². The lowest BCUT2D eigenvalue weighted by Gasteiger charge is -2.21. The Morgan fingerprint density at radius 2 is 2.00 bits per heavy atom. The van der Waals surface area contributed by atoms with Gasteiger partial charge in [-0.3, -0.25) is 0 Å². The van der Waals surface area contributed by atoms with E-state index in [2.05, 4.69) is 6.92 Å². The summed E-state index contributed by atoms with van der Waals surface area (Å²) >= 11 is 0. The van der Waals surface area contributed by atoms with Crippen LogP contribution in [0.25, 0.3) is 0 Å². The van der Waals surface area contributed by atoms with E-state index >= 15 is 0 Å². The molecule has 0 spiro atoms. The molecule has 0 aliphatic heterocycles. The van der Waals surface area contributed by atoms with Crippen LogP contribution < -0.4 is 0 Å². The molecule has 84 valence electrons. The summed E-state index contributed by atoms with van der Waals surface area (Å²) in [6, 6.07) is 0. The Morgan fingerprint density at radius 3 is 2.36 bits per heavy atom. The Morgan fingerprint density at radius 1 is 1.43 bits per heavy atom. The molecule has 0 fully saturated rings. The van der Waals surface area contributed by atoms with Crippen LogP contribution in [0.4, 0.5) is 0 Å². The Hall–Kier alpha value is -0.570. The zero-order valence-electron chi connectivity index (χ0n) is 9.67. The molecular formula is C11H22O3. The van der Waals surface area contributed by atoms with Gasteiger partial charge in [0, 0.05) is 0 Å². The highest BCUT2D eigenvalue weighted by Crippen LogP contribution is 2.13. The summed E-state index contributed by atoms with van der Waals surface area (Å²) < 4.78 is 5.18. The summed E-state index contributed by atoms with van der Waals surface area (Å²) in [7, 11) is 0. The number of hydrogen-bond donors (Lipinski definition) is 1. The first kappa shape index (κ1) is 13.4. The monoisotopic (exact) mass is 202 g/mol. The van der Waals surface area contributed by atoms with E-state index < -0.39 is 11.6 Å². The molecule has 0 bridgehead atoms. The lowest BCUT2D eigenvalue weighted by molar-refractivity contribution is -0.168. The lowest BCUT2D eigenvalue weighted by atomic mass is 10.1. The second kappa shape index (κ2) is 6.02. The number of hydrogen-bond acceptors (Lipinski definition) is 3. The highest BCUT2D eigenvalue weighted by molar-refractivity contribution is 5.78. The molecule has 0 rings (SSSR count). The van der Waals surface area contributed by atoms with Crippen molar-refractivity contribution >= 4 is 5.97 Å². The fraction of sp³-hybridized carbons (Fsp3) is 0.909. The second-order valence-electron chi connectivity index (χ2n) is 4.14. The molecule has 0 aliphatic carbocycles. The molecule has 0 radical (unpaired) electrons. The van der Waals surface area contributed by atoms with Crippen LogP contribution in [0, 0.1) is 0 Å². The highest BCUT2D eigenvalue weighted by atomic mass is 16.6. The van der Waals surface area contributed by atoms with Crippen molar-refractivity contribution in [2.75, 3.05) is 0 Å². The summed E-state index contributed by atoms with van der Waals surface area (Å²) in [5, 5.41) is 9.38. The van der Waals surface area contributed by atoms with E-state index in [1.807, 2.05) is 6.92 Å². The van der Waals surface area contributed by atoms with Gasteiger partial charge in [0.15, 0.2) is 5.60 Å². The lowest BCUT2D eigenvalue weighted by Crippen LogP contribution is -2.35. The van der Waals surface area contributed by atoms with Crippen LogP contribution in [0.5, 0.6) is 0 Å². The molecule has 0 aromatic carbocycles. The number of unbranched alkanes of at least 4 members (excludes halogenated alkanes) is 1. The van der Waals surface area contributed by atoms with Gasteiger partial charge < -0.3 is 9.84 Å². The molecule has 14 heavy (non-hydrogen) atoms. The molecule has 0 saturated heterocycles. The second-order valence-corrected chi connectivity index (χ2v) is 4.14. The first-order chi connectivity index (χ1) is 6.41. The number of ether oxygens (including phenoxy) is 1. The van der Waals surface area contributed by atoms with E-state index in [1.54, 1.807) is 0 Å². The summed E-state index contributed by atoms with van der Waals surface area (Å²) in [6.45, 7) is 6.98. The topological polar surface area (TPSA) is 46.5 Å². The smallest absolute Gasteiger partial charge is 0.337 e. The van der Waals surface area contributed by atoms with Gasteiger partial charge in [0.1, 0.15) is 6.10 Å².